The van der Waals surface area contributed by atoms with Crippen molar-refractivity contribution in [3.8, 4) is 0 Å². The van der Waals surface area contributed by atoms with Gasteiger partial charge in [-0.3, -0.25) is 9.59 Å². The quantitative estimate of drug-likeness (QED) is 0.877. The number of thiophene rings is 1. The molecule has 1 amide bonds. The van der Waals surface area contributed by atoms with Crippen LogP contribution in [0.4, 0.5) is 0 Å². The first kappa shape index (κ1) is 14.0. The van der Waals surface area contributed by atoms with Gasteiger partial charge >= 0.3 is 5.97 Å². The number of hydrogen-bond acceptors (Lipinski definition) is 4. The van der Waals surface area contributed by atoms with Crippen LogP contribution in [0.15, 0.2) is 6.07 Å². The van der Waals surface area contributed by atoms with E-state index in [1.165, 1.54) is 11.3 Å². The lowest BCUT2D eigenvalue weighted by atomic mass is 10.0. The van der Waals surface area contributed by atoms with E-state index in [0.717, 1.165) is 16.9 Å². The highest BCUT2D eigenvalue weighted by Crippen LogP contribution is 2.23. The van der Waals surface area contributed by atoms with Crippen molar-refractivity contribution in [2.45, 2.75) is 26.3 Å². The van der Waals surface area contributed by atoms with Gasteiger partial charge in [0.2, 0.25) is 0 Å². The Morgan fingerprint density at radius 1 is 1.53 bits per heavy atom. The number of hydrogen-bond donors (Lipinski definition) is 2. The monoisotopic (exact) mass is 283 g/mol. The number of aliphatic carboxylic acids is 1. The summed E-state index contributed by atoms with van der Waals surface area (Å²) in [5.41, 5.74) is 1.16. The SMILES string of the molecule is CCc1cc(C(=O)NC2COCC2C(=O)O)sc1C. The minimum Gasteiger partial charge on any atom is -0.481 e. The first-order valence-electron chi connectivity index (χ1n) is 6.23. The Morgan fingerprint density at radius 2 is 2.26 bits per heavy atom. The topological polar surface area (TPSA) is 75.6 Å². The summed E-state index contributed by atoms with van der Waals surface area (Å²) in [4.78, 5) is 24.9. The van der Waals surface area contributed by atoms with Gasteiger partial charge in [-0.05, 0) is 25.0 Å². The van der Waals surface area contributed by atoms with Crippen LogP contribution in [-0.4, -0.2) is 36.2 Å². The van der Waals surface area contributed by atoms with Gasteiger partial charge in [-0.15, -0.1) is 11.3 Å². The van der Waals surface area contributed by atoms with Gasteiger partial charge in [0, 0.05) is 4.88 Å². The molecule has 2 atom stereocenters. The standard InChI is InChI=1S/C13H17NO4S/c1-3-8-4-11(19-7(8)2)12(15)14-10-6-18-5-9(10)13(16)17/h4,9-10H,3,5-6H2,1-2H3,(H,14,15)(H,16,17). The Labute approximate surface area is 115 Å². The third kappa shape index (κ3) is 2.96. The minimum absolute atomic E-state index is 0.157. The van der Waals surface area contributed by atoms with Crippen molar-refractivity contribution in [1.29, 1.82) is 0 Å². The first-order chi connectivity index (χ1) is 9.02. The molecule has 2 heterocycles. The predicted octanol–water partition coefficient (Wildman–Crippen LogP) is 1.45. The summed E-state index contributed by atoms with van der Waals surface area (Å²) < 4.78 is 5.13. The van der Waals surface area contributed by atoms with Crippen LogP contribution in [-0.2, 0) is 16.0 Å². The molecule has 2 N–H and O–H groups in total. The van der Waals surface area contributed by atoms with Crippen LogP contribution in [0.25, 0.3) is 0 Å². The van der Waals surface area contributed by atoms with E-state index in [4.69, 9.17) is 9.84 Å². The second kappa shape index (κ2) is 5.71. The van der Waals surface area contributed by atoms with Crippen molar-refractivity contribution < 1.29 is 19.4 Å². The van der Waals surface area contributed by atoms with Crippen molar-refractivity contribution in [1.82, 2.24) is 5.32 Å². The Bertz CT molecular complexity index is 497. The molecule has 0 aliphatic carbocycles. The summed E-state index contributed by atoms with van der Waals surface area (Å²) in [6.07, 6.45) is 0.889. The van der Waals surface area contributed by atoms with Crippen molar-refractivity contribution in [2.24, 2.45) is 5.92 Å². The molecule has 2 unspecified atom stereocenters. The molecule has 0 saturated carbocycles. The Hall–Kier alpha value is -1.40. The maximum Gasteiger partial charge on any atom is 0.311 e. The highest BCUT2D eigenvalue weighted by atomic mass is 32.1. The molecule has 1 aromatic heterocycles. The highest BCUT2D eigenvalue weighted by molar-refractivity contribution is 7.14. The lowest BCUT2D eigenvalue weighted by Gasteiger charge is -2.14. The third-order valence-corrected chi connectivity index (χ3v) is 4.43. The Morgan fingerprint density at radius 3 is 2.84 bits per heavy atom. The molecule has 1 saturated heterocycles. The van der Waals surface area contributed by atoms with Crippen molar-refractivity contribution in [3.05, 3.63) is 21.4 Å². The van der Waals surface area contributed by atoms with Crippen molar-refractivity contribution in [2.75, 3.05) is 13.2 Å². The van der Waals surface area contributed by atoms with Crippen molar-refractivity contribution >= 4 is 23.2 Å². The molecule has 19 heavy (non-hydrogen) atoms. The second-order valence-electron chi connectivity index (χ2n) is 4.61. The van der Waals surface area contributed by atoms with Gasteiger partial charge in [-0.2, -0.15) is 0 Å². The first-order valence-corrected chi connectivity index (χ1v) is 7.05. The van der Waals surface area contributed by atoms with Crippen LogP contribution >= 0.6 is 11.3 Å². The molecule has 1 aromatic rings. The number of ether oxygens (including phenoxy) is 1. The van der Waals surface area contributed by atoms with E-state index >= 15 is 0 Å². The molecule has 0 aromatic carbocycles. The summed E-state index contributed by atoms with van der Waals surface area (Å²) in [6.45, 7) is 4.44. The molecule has 1 aliphatic rings. The van der Waals surface area contributed by atoms with Gasteiger partial charge in [-0.25, -0.2) is 0 Å². The molecule has 0 radical (unpaired) electrons. The van der Waals surface area contributed by atoms with E-state index in [1.54, 1.807) is 0 Å². The van der Waals surface area contributed by atoms with E-state index in [2.05, 4.69) is 5.32 Å². The summed E-state index contributed by atoms with van der Waals surface area (Å²) in [5, 5.41) is 11.8. The number of carbonyl (C=O) groups is 2. The third-order valence-electron chi connectivity index (χ3n) is 3.34. The minimum atomic E-state index is -0.931. The van der Waals surface area contributed by atoms with Crippen LogP contribution < -0.4 is 5.32 Å². The molecule has 2 rings (SSSR count). The van der Waals surface area contributed by atoms with E-state index < -0.39 is 17.9 Å². The van der Waals surface area contributed by atoms with E-state index in [1.807, 2.05) is 19.9 Å². The number of aryl methyl sites for hydroxylation is 2. The fourth-order valence-electron chi connectivity index (χ4n) is 2.16. The predicted molar refractivity (Wildman–Crippen MR) is 71.6 cm³/mol. The van der Waals surface area contributed by atoms with Crippen molar-refractivity contribution in [3.63, 3.8) is 0 Å². The van der Waals surface area contributed by atoms with E-state index in [-0.39, 0.29) is 19.1 Å². The van der Waals surface area contributed by atoms with Crippen LogP contribution in [0.3, 0.4) is 0 Å². The summed E-state index contributed by atoms with van der Waals surface area (Å²) in [5.74, 6) is -1.80. The van der Waals surface area contributed by atoms with Crippen LogP contribution in [0.5, 0.6) is 0 Å². The molecule has 1 fully saturated rings. The molecular weight excluding hydrogens is 266 g/mol. The number of carbonyl (C=O) groups excluding carboxylic acids is 1. The van der Waals surface area contributed by atoms with Gasteiger partial charge in [-0.1, -0.05) is 6.92 Å². The molecule has 0 bridgehead atoms. The van der Waals surface area contributed by atoms with E-state index in [0.29, 0.717) is 4.88 Å². The average Bonchev–Trinajstić information content (AvgIpc) is 2.95. The number of rotatable bonds is 4. The number of nitrogens with one attached hydrogen (secondary N) is 1. The maximum atomic E-state index is 12.1. The molecular formula is C13H17NO4S. The smallest absolute Gasteiger partial charge is 0.311 e. The van der Waals surface area contributed by atoms with Crippen LogP contribution in [0.1, 0.15) is 27.0 Å². The molecule has 104 valence electrons. The Balaban J connectivity index is 2.06. The average molecular weight is 283 g/mol. The largest absolute Gasteiger partial charge is 0.481 e. The van der Waals surface area contributed by atoms with Gasteiger partial charge in [0.15, 0.2) is 0 Å². The van der Waals surface area contributed by atoms with E-state index in [9.17, 15) is 9.59 Å². The zero-order chi connectivity index (χ0) is 14.0. The number of carboxylic acid groups (broad SMARTS) is 1. The summed E-state index contributed by atoms with van der Waals surface area (Å²) >= 11 is 1.44. The number of amides is 1. The summed E-state index contributed by atoms with van der Waals surface area (Å²) in [6, 6.07) is 1.43. The normalized spacial score (nSPS) is 22.4. The van der Waals surface area contributed by atoms with Gasteiger partial charge in [0.1, 0.15) is 5.92 Å². The molecule has 0 spiro atoms. The second-order valence-corrected chi connectivity index (χ2v) is 5.86. The lowest BCUT2D eigenvalue weighted by Crippen LogP contribution is -2.42. The molecule has 6 heteroatoms. The van der Waals surface area contributed by atoms with Gasteiger partial charge in [0.25, 0.3) is 5.91 Å². The molecule has 5 nitrogen and oxygen atoms in total. The fraction of sp³-hybridized carbons (Fsp3) is 0.538. The van der Waals surface area contributed by atoms with Crippen LogP contribution in [0, 0.1) is 12.8 Å². The maximum absolute atomic E-state index is 12.1. The zero-order valence-corrected chi connectivity index (χ0v) is 11.8. The fourth-order valence-corrected chi connectivity index (χ4v) is 3.18. The van der Waals surface area contributed by atoms with Gasteiger partial charge in [0.05, 0.1) is 24.1 Å². The summed E-state index contributed by atoms with van der Waals surface area (Å²) in [7, 11) is 0. The zero-order valence-electron chi connectivity index (χ0n) is 10.9. The number of carboxylic acids is 1. The lowest BCUT2D eigenvalue weighted by molar-refractivity contribution is -0.142. The molecule has 1 aliphatic heterocycles. The van der Waals surface area contributed by atoms with Crippen LogP contribution in [0.2, 0.25) is 0 Å². The van der Waals surface area contributed by atoms with Gasteiger partial charge < -0.3 is 15.2 Å². The highest BCUT2D eigenvalue weighted by Gasteiger charge is 2.35. The Kier molecular flexibility index (Phi) is 4.21.